The Morgan fingerprint density at radius 3 is 2.81 bits per heavy atom. The normalized spacial score (nSPS) is 14.7. The van der Waals surface area contributed by atoms with Crippen molar-refractivity contribution >= 4 is 22.5 Å². The number of aromatic amines is 2. The summed E-state index contributed by atoms with van der Waals surface area (Å²) in [6.07, 6.45) is 3.30. The molecule has 0 aliphatic heterocycles. The summed E-state index contributed by atoms with van der Waals surface area (Å²) >= 11 is 0. The number of nitrogens with one attached hydrogen (secondary N) is 3. The van der Waals surface area contributed by atoms with E-state index in [0.717, 1.165) is 29.0 Å². The van der Waals surface area contributed by atoms with Crippen molar-refractivity contribution in [3.8, 4) is 11.8 Å². The van der Waals surface area contributed by atoms with E-state index in [0.29, 0.717) is 22.9 Å². The summed E-state index contributed by atoms with van der Waals surface area (Å²) in [6.45, 7) is 6.07. The maximum Gasteiger partial charge on any atom is 0.324 e. The second-order valence-electron chi connectivity index (χ2n) is 8.27. The minimum atomic E-state index is -0.435. The fraction of sp³-hybridized carbons (Fsp3) is 0.348. The van der Waals surface area contributed by atoms with Crippen LogP contribution in [0.25, 0.3) is 10.9 Å². The summed E-state index contributed by atoms with van der Waals surface area (Å²) in [4.78, 5) is 12.1. The van der Waals surface area contributed by atoms with E-state index in [-0.39, 0.29) is 17.7 Å². The van der Waals surface area contributed by atoms with E-state index >= 15 is 0 Å². The molecule has 31 heavy (non-hydrogen) atoms. The van der Waals surface area contributed by atoms with E-state index in [4.69, 9.17) is 4.74 Å². The maximum atomic E-state index is 15.0. The van der Waals surface area contributed by atoms with Crippen LogP contribution in [0, 0.1) is 12.7 Å². The van der Waals surface area contributed by atoms with Crippen molar-refractivity contribution in [2.24, 2.45) is 0 Å². The van der Waals surface area contributed by atoms with E-state index in [1.54, 1.807) is 18.2 Å². The number of rotatable bonds is 7. The van der Waals surface area contributed by atoms with Gasteiger partial charge < -0.3 is 15.0 Å². The van der Waals surface area contributed by atoms with E-state index in [9.17, 15) is 4.39 Å². The van der Waals surface area contributed by atoms with Crippen molar-refractivity contribution in [2.75, 3.05) is 5.32 Å². The van der Waals surface area contributed by atoms with E-state index in [2.05, 4.69) is 44.3 Å². The first-order chi connectivity index (χ1) is 15.0. The highest BCUT2D eigenvalue weighted by molar-refractivity contribution is 5.82. The zero-order valence-corrected chi connectivity index (χ0v) is 17.8. The largest absolute Gasteiger partial charge is 0.421 e. The molecule has 0 amide bonds. The Morgan fingerprint density at radius 2 is 2.03 bits per heavy atom. The number of hydrogen-bond acceptors (Lipinski definition) is 5. The molecule has 1 saturated carbocycles. The van der Waals surface area contributed by atoms with Crippen LogP contribution in [-0.4, -0.2) is 25.1 Å². The summed E-state index contributed by atoms with van der Waals surface area (Å²) < 4.78 is 20.8. The van der Waals surface area contributed by atoms with Crippen molar-refractivity contribution in [3.63, 3.8) is 0 Å². The molecule has 0 radical (unpaired) electrons. The van der Waals surface area contributed by atoms with E-state index in [1.165, 1.54) is 12.8 Å². The molecule has 1 aromatic carbocycles. The Bertz CT molecular complexity index is 1240. The fourth-order valence-corrected chi connectivity index (χ4v) is 3.61. The minimum Gasteiger partial charge on any atom is -0.421 e. The van der Waals surface area contributed by atoms with Crippen LogP contribution in [0.5, 0.6) is 11.8 Å². The molecular formula is C23H25FN6O. The zero-order valence-electron chi connectivity index (χ0n) is 17.8. The van der Waals surface area contributed by atoms with Crippen LogP contribution < -0.4 is 10.1 Å². The van der Waals surface area contributed by atoms with E-state index in [1.807, 2.05) is 19.1 Å². The molecule has 0 bridgehead atoms. The second-order valence-corrected chi connectivity index (χ2v) is 8.27. The molecule has 3 aromatic heterocycles. The van der Waals surface area contributed by atoms with Gasteiger partial charge in [0.2, 0.25) is 0 Å². The highest BCUT2D eigenvalue weighted by Crippen LogP contribution is 2.39. The van der Waals surface area contributed by atoms with Crippen LogP contribution in [0.15, 0.2) is 30.3 Å². The summed E-state index contributed by atoms with van der Waals surface area (Å²) in [5.41, 5.74) is 3.57. The Kier molecular flexibility index (Phi) is 4.84. The Morgan fingerprint density at radius 1 is 1.19 bits per heavy atom. The molecule has 7 nitrogen and oxygen atoms in total. The van der Waals surface area contributed by atoms with Gasteiger partial charge in [0.1, 0.15) is 5.82 Å². The standard InChI is InChI=1S/C23H25FN6O/c1-4-12(2)17-10-20(27-21-11-18(29-30-21)14-5-6-14)28-23(26-17)31-19-8-7-16-15(22(19)24)9-13(3)25-16/h7-12,14,25H,4-6H2,1-3H3,(H2,26,27,28,29,30). The molecular weight excluding hydrogens is 395 g/mol. The van der Waals surface area contributed by atoms with Gasteiger partial charge in [-0.3, -0.25) is 5.10 Å². The third kappa shape index (κ3) is 3.97. The minimum absolute atomic E-state index is 0.0922. The number of halogens is 1. The predicted octanol–water partition coefficient (Wildman–Crippen LogP) is 6.06. The number of aryl methyl sites for hydroxylation is 1. The van der Waals surface area contributed by atoms with Gasteiger partial charge in [-0.2, -0.15) is 15.1 Å². The van der Waals surface area contributed by atoms with Gasteiger partial charge in [0, 0.05) is 40.3 Å². The second kappa shape index (κ2) is 7.68. The number of hydrogen-bond donors (Lipinski definition) is 3. The topological polar surface area (TPSA) is 91.5 Å². The number of ether oxygens (including phenoxy) is 1. The first-order valence-electron chi connectivity index (χ1n) is 10.7. The molecule has 160 valence electrons. The zero-order chi connectivity index (χ0) is 21.5. The Labute approximate surface area is 179 Å². The van der Waals surface area contributed by atoms with Crippen LogP contribution in [0.4, 0.5) is 16.0 Å². The van der Waals surface area contributed by atoms with Gasteiger partial charge in [-0.05, 0) is 50.3 Å². The van der Waals surface area contributed by atoms with Gasteiger partial charge in [0.25, 0.3) is 0 Å². The third-order valence-corrected chi connectivity index (χ3v) is 5.75. The maximum absolute atomic E-state index is 15.0. The Hall–Kier alpha value is -3.42. The predicted molar refractivity (Wildman–Crippen MR) is 118 cm³/mol. The lowest BCUT2D eigenvalue weighted by atomic mass is 10.1. The number of nitrogens with zero attached hydrogens (tertiary/aromatic N) is 3. The molecule has 3 heterocycles. The molecule has 1 unspecified atom stereocenters. The monoisotopic (exact) mass is 420 g/mol. The van der Waals surface area contributed by atoms with Crippen LogP contribution in [0.1, 0.15) is 62.0 Å². The first kappa shape index (κ1) is 19.5. The molecule has 4 aromatic rings. The quantitative estimate of drug-likeness (QED) is 0.338. The van der Waals surface area contributed by atoms with Gasteiger partial charge in [-0.25, -0.2) is 4.39 Å². The molecule has 1 aliphatic rings. The number of fused-ring (bicyclic) bond motifs is 1. The molecule has 0 spiro atoms. The van der Waals surface area contributed by atoms with Crippen LogP contribution in [0.2, 0.25) is 0 Å². The van der Waals surface area contributed by atoms with Gasteiger partial charge in [0.15, 0.2) is 17.4 Å². The summed E-state index contributed by atoms with van der Waals surface area (Å²) in [7, 11) is 0. The van der Waals surface area contributed by atoms with Crippen molar-refractivity contribution < 1.29 is 9.13 Å². The average molecular weight is 420 g/mol. The van der Waals surface area contributed by atoms with Crippen molar-refractivity contribution in [2.45, 2.75) is 51.9 Å². The molecule has 0 saturated heterocycles. The molecule has 1 aliphatic carbocycles. The van der Waals surface area contributed by atoms with E-state index < -0.39 is 5.82 Å². The number of H-pyrrole nitrogens is 2. The lowest BCUT2D eigenvalue weighted by molar-refractivity contribution is 0.411. The molecule has 8 heteroatoms. The average Bonchev–Trinajstić information content (AvgIpc) is 3.38. The molecule has 1 fully saturated rings. The summed E-state index contributed by atoms with van der Waals surface area (Å²) in [5, 5.41) is 11.1. The number of benzene rings is 1. The summed E-state index contributed by atoms with van der Waals surface area (Å²) in [5.74, 6) is 1.69. The fourth-order valence-electron chi connectivity index (χ4n) is 3.61. The van der Waals surface area contributed by atoms with Crippen LogP contribution in [-0.2, 0) is 0 Å². The highest BCUT2D eigenvalue weighted by Gasteiger charge is 2.25. The molecule has 1 atom stereocenters. The SMILES string of the molecule is CCC(C)c1cc(Nc2cc(C3CC3)[nH]n2)nc(Oc2ccc3[nH]c(C)cc3c2F)n1. The molecule has 3 N–H and O–H groups in total. The Balaban J connectivity index is 1.46. The van der Waals surface area contributed by atoms with Crippen LogP contribution in [0.3, 0.4) is 0 Å². The number of anilines is 2. The van der Waals surface area contributed by atoms with Crippen molar-refractivity contribution in [1.82, 2.24) is 25.1 Å². The summed E-state index contributed by atoms with van der Waals surface area (Å²) in [6, 6.07) is 9.14. The lowest BCUT2D eigenvalue weighted by Crippen LogP contribution is -2.04. The van der Waals surface area contributed by atoms with Gasteiger partial charge >= 0.3 is 6.01 Å². The number of aromatic nitrogens is 5. The van der Waals surface area contributed by atoms with Gasteiger partial charge in [-0.15, -0.1) is 0 Å². The van der Waals surface area contributed by atoms with Crippen LogP contribution >= 0.6 is 0 Å². The van der Waals surface area contributed by atoms with Crippen molar-refractivity contribution in [1.29, 1.82) is 0 Å². The third-order valence-electron chi connectivity index (χ3n) is 5.75. The first-order valence-corrected chi connectivity index (χ1v) is 10.7. The van der Waals surface area contributed by atoms with Crippen molar-refractivity contribution in [3.05, 3.63) is 53.2 Å². The highest BCUT2D eigenvalue weighted by atomic mass is 19.1. The van der Waals surface area contributed by atoms with Gasteiger partial charge in [0.05, 0.1) is 5.69 Å². The smallest absolute Gasteiger partial charge is 0.324 e. The lowest BCUT2D eigenvalue weighted by Gasteiger charge is -2.13. The van der Waals surface area contributed by atoms with Gasteiger partial charge in [-0.1, -0.05) is 13.8 Å². The molecule has 5 rings (SSSR count).